The van der Waals surface area contributed by atoms with Gasteiger partial charge < -0.3 is 14.3 Å². The molecule has 0 radical (unpaired) electrons. The number of ether oxygens (including phenoxy) is 1. The van der Waals surface area contributed by atoms with Crippen molar-refractivity contribution in [3.63, 3.8) is 0 Å². The highest BCUT2D eigenvalue weighted by atomic mass is 16.5. The van der Waals surface area contributed by atoms with E-state index in [4.69, 9.17) is 9.84 Å². The summed E-state index contributed by atoms with van der Waals surface area (Å²) in [5.41, 5.74) is 0. The Morgan fingerprint density at radius 1 is 1.29 bits per heavy atom. The zero-order valence-corrected chi connectivity index (χ0v) is 8.69. The van der Waals surface area contributed by atoms with Crippen molar-refractivity contribution in [3.8, 4) is 0 Å². The van der Waals surface area contributed by atoms with E-state index in [1.54, 1.807) is 0 Å². The number of carboxylic acid groups (broad SMARTS) is 1. The first-order valence-electron chi connectivity index (χ1n) is 4.19. The molecule has 5 nitrogen and oxygen atoms in total. The highest BCUT2D eigenvalue weighted by Crippen LogP contribution is 1.90. The van der Waals surface area contributed by atoms with Gasteiger partial charge >= 0.3 is 11.9 Å². The zero-order valence-electron chi connectivity index (χ0n) is 8.69. The van der Waals surface area contributed by atoms with E-state index in [0.29, 0.717) is 11.0 Å². The molecule has 0 aliphatic rings. The molecule has 0 rings (SSSR count). The SMILES string of the molecule is C[N+](C)(C)CCOC(=O)/C=C/C(=O)O. The van der Waals surface area contributed by atoms with Gasteiger partial charge in [-0.2, -0.15) is 0 Å². The number of nitrogens with zero attached hydrogens (tertiary/aromatic N) is 1. The van der Waals surface area contributed by atoms with Gasteiger partial charge in [-0.25, -0.2) is 9.59 Å². The van der Waals surface area contributed by atoms with Crippen molar-refractivity contribution in [2.75, 3.05) is 34.3 Å². The monoisotopic (exact) mass is 202 g/mol. The molecule has 0 amide bonds. The Labute approximate surface area is 83.2 Å². The third kappa shape index (κ3) is 8.73. The van der Waals surface area contributed by atoms with Crippen LogP contribution in [0, 0.1) is 0 Å². The smallest absolute Gasteiger partial charge is 0.331 e. The van der Waals surface area contributed by atoms with E-state index < -0.39 is 11.9 Å². The molecule has 0 bridgehead atoms. The van der Waals surface area contributed by atoms with Crippen molar-refractivity contribution in [3.05, 3.63) is 12.2 Å². The summed E-state index contributed by atoms with van der Waals surface area (Å²) in [6.45, 7) is 0.971. The van der Waals surface area contributed by atoms with Gasteiger partial charge in [0.25, 0.3) is 0 Å². The summed E-state index contributed by atoms with van der Waals surface area (Å²) >= 11 is 0. The summed E-state index contributed by atoms with van der Waals surface area (Å²) in [5.74, 6) is -1.78. The average Bonchev–Trinajstić information content (AvgIpc) is 1.98. The minimum Gasteiger partial charge on any atom is -0.478 e. The maximum absolute atomic E-state index is 10.9. The molecular weight excluding hydrogens is 186 g/mol. The molecule has 0 saturated carbocycles. The molecular formula is C9H16NO4+. The van der Waals surface area contributed by atoms with Crippen LogP contribution in [0.5, 0.6) is 0 Å². The van der Waals surface area contributed by atoms with E-state index >= 15 is 0 Å². The Hall–Kier alpha value is -1.36. The lowest BCUT2D eigenvalue weighted by Crippen LogP contribution is -2.37. The van der Waals surface area contributed by atoms with Crippen LogP contribution >= 0.6 is 0 Å². The first-order chi connectivity index (χ1) is 6.31. The molecule has 80 valence electrons. The minimum atomic E-state index is -1.16. The van der Waals surface area contributed by atoms with Crippen LogP contribution in [-0.4, -0.2) is 55.8 Å². The van der Waals surface area contributed by atoms with Crippen molar-refractivity contribution in [1.82, 2.24) is 0 Å². The van der Waals surface area contributed by atoms with Crippen LogP contribution in [0.4, 0.5) is 0 Å². The fraction of sp³-hybridized carbons (Fsp3) is 0.556. The van der Waals surface area contributed by atoms with Gasteiger partial charge in [0.2, 0.25) is 0 Å². The van der Waals surface area contributed by atoms with E-state index in [1.807, 2.05) is 21.1 Å². The quantitative estimate of drug-likeness (QED) is 0.383. The number of esters is 1. The molecule has 0 aliphatic heterocycles. The van der Waals surface area contributed by atoms with Gasteiger partial charge in [-0.3, -0.25) is 0 Å². The van der Waals surface area contributed by atoms with Gasteiger partial charge in [0.15, 0.2) is 0 Å². The lowest BCUT2D eigenvalue weighted by molar-refractivity contribution is -0.870. The second kappa shape index (κ2) is 5.39. The Bertz CT molecular complexity index is 240. The molecule has 0 aromatic rings. The van der Waals surface area contributed by atoms with Crippen LogP contribution in [0.3, 0.4) is 0 Å². The molecule has 0 unspecified atom stereocenters. The van der Waals surface area contributed by atoms with Gasteiger partial charge in [0, 0.05) is 12.2 Å². The van der Waals surface area contributed by atoms with Crippen LogP contribution < -0.4 is 0 Å². The summed E-state index contributed by atoms with van der Waals surface area (Å²) < 4.78 is 5.45. The maximum Gasteiger partial charge on any atom is 0.331 e. The molecule has 0 heterocycles. The molecule has 0 atom stereocenters. The maximum atomic E-state index is 10.9. The second-order valence-electron chi connectivity index (χ2n) is 3.85. The van der Waals surface area contributed by atoms with Crippen molar-refractivity contribution in [2.45, 2.75) is 0 Å². The fourth-order valence-electron chi connectivity index (χ4n) is 0.608. The number of aliphatic carboxylic acids is 1. The molecule has 1 N–H and O–H groups in total. The molecule has 0 fully saturated rings. The Balaban J connectivity index is 3.71. The first kappa shape index (κ1) is 12.6. The minimum absolute atomic E-state index is 0.284. The van der Waals surface area contributed by atoms with Gasteiger partial charge in [0.1, 0.15) is 13.2 Å². The summed E-state index contributed by atoms with van der Waals surface area (Å²) in [6.07, 6.45) is 1.66. The van der Waals surface area contributed by atoms with Crippen molar-refractivity contribution >= 4 is 11.9 Å². The van der Waals surface area contributed by atoms with Crippen LogP contribution in [0.25, 0.3) is 0 Å². The van der Waals surface area contributed by atoms with Gasteiger partial charge in [0.05, 0.1) is 21.1 Å². The van der Waals surface area contributed by atoms with Crippen molar-refractivity contribution in [1.29, 1.82) is 0 Å². The molecule has 0 aliphatic carbocycles. The van der Waals surface area contributed by atoms with Crippen LogP contribution in [0.1, 0.15) is 0 Å². The number of carbonyl (C=O) groups is 2. The lowest BCUT2D eigenvalue weighted by Gasteiger charge is -2.23. The molecule has 14 heavy (non-hydrogen) atoms. The third-order valence-corrected chi connectivity index (χ3v) is 1.37. The Morgan fingerprint density at radius 2 is 1.86 bits per heavy atom. The van der Waals surface area contributed by atoms with Crippen molar-refractivity contribution in [2.24, 2.45) is 0 Å². The highest BCUT2D eigenvalue weighted by Gasteiger charge is 2.07. The second-order valence-corrected chi connectivity index (χ2v) is 3.85. The standard InChI is InChI=1S/C9H15NO4/c1-10(2,3)6-7-14-9(13)5-4-8(11)12/h4-5H,6-7H2,1-3H3/p+1/b5-4+. The Kier molecular flexibility index (Phi) is 4.86. The van der Waals surface area contributed by atoms with E-state index in [1.165, 1.54) is 0 Å². The number of rotatable bonds is 5. The molecule has 5 heteroatoms. The van der Waals surface area contributed by atoms with E-state index in [9.17, 15) is 9.59 Å². The average molecular weight is 202 g/mol. The molecule has 0 saturated heterocycles. The highest BCUT2D eigenvalue weighted by molar-refractivity contribution is 5.90. The van der Waals surface area contributed by atoms with Gasteiger partial charge in [-0.05, 0) is 0 Å². The normalized spacial score (nSPS) is 11.6. The van der Waals surface area contributed by atoms with Crippen molar-refractivity contribution < 1.29 is 23.9 Å². The van der Waals surface area contributed by atoms with E-state index in [0.717, 1.165) is 12.2 Å². The fourth-order valence-corrected chi connectivity index (χ4v) is 0.608. The van der Waals surface area contributed by atoms with Gasteiger partial charge in [-0.15, -0.1) is 0 Å². The first-order valence-corrected chi connectivity index (χ1v) is 4.19. The summed E-state index contributed by atoms with van der Waals surface area (Å²) in [7, 11) is 5.92. The van der Waals surface area contributed by atoms with Crippen LogP contribution in [-0.2, 0) is 14.3 Å². The zero-order chi connectivity index (χ0) is 11.2. The largest absolute Gasteiger partial charge is 0.478 e. The number of quaternary nitrogens is 1. The summed E-state index contributed by atoms with van der Waals surface area (Å²) in [5, 5.41) is 8.22. The number of hydrogen-bond donors (Lipinski definition) is 1. The predicted octanol–water partition coefficient (Wildman–Crippen LogP) is -0.123. The number of carboxylic acids is 1. The van der Waals surface area contributed by atoms with E-state index in [2.05, 4.69) is 0 Å². The van der Waals surface area contributed by atoms with Crippen LogP contribution in [0.15, 0.2) is 12.2 Å². The van der Waals surface area contributed by atoms with E-state index in [-0.39, 0.29) is 6.61 Å². The number of hydrogen-bond acceptors (Lipinski definition) is 3. The topological polar surface area (TPSA) is 63.6 Å². The molecule has 0 aromatic carbocycles. The summed E-state index contributed by atoms with van der Waals surface area (Å²) in [6, 6.07) is 0. The third-order valence-electron chi connectivity index (χ3n) is 1.37. The number of likely N-dealkylation sites (N-methyl/N-ethyl adjacent to an activating group) is 1. The van der Waals surface area contributed by atoms with Gasteiger partial charge in [-0.1, -0.05) is 0 Å². The molecule has 0 aromatic heterocycles. The predicted molar refractivity (Wildman–Crippen MR) is 50.6 cm³/mol. The molecule has 0 spiro atoms. The van der Waals surface area contributed by atoms with Crippen LogP contribution in [0.2, 0.25) is 0 Å². The summed E-state index contributed by atoms with van der Waals surface area (Å²) in [4.78, 5) is 20.9. The Morgan fingerprint density at radius 3 is 2.29 bits per heavy atom. The number of carbonyl (C=O) groups excluding carboxylic acids is 1. The lowest BCUT2D eigenvalue weighted by atomic mass is 10.5.